The molecule has 23 heavy (non-hydrogen) atoms. The molecule has 0 spiro atoms. The Bertz CT molecular complexity index is 566. The van der Waals surface area contributed by atoms with Crippen LogP contribution >= 0.6 is 0 Å². The van der Waals surface area contributed by atoms with Crippen LogP contribution in [0.15, 0.2) is 48.6 Å². The Labute approximate surface area is 137 Å². The van der Waals surface area contributed by atoms with E-state index in [2.05, 4.69) is 29.6 Å². The van der Waals surface area contributed by atoms with Crippen LogP contribution in [0.3, 0.4) is 0 Å². The number of allylic oxidation sites excluding steroid dienone is 4. The molecule has 1 fully saturated rings. The second-order valence-electron chi connectivity index (χ2n) is 6.52. The van der Waals surface area contributed by atoms with Crippen molar-refractivity contribution < 1.29 is 9.18 Å². The van der Waals surface area contributed by atoms with E-state index in [-0.39, 0.29) is 17.6 Å². The molecule has 0 bridgehead atoms. The Kier molecular flexibility index (Phi) is 5.27. The lowest BCUT2D eigenvalue weighted by molar-refractivity contribution is -0.117. The first-order valence-electron chi connectivity index (χ1n) is 8.62. The molecular weight excluding hydrogens is 289 g/mol. The maximum absolute atomic E-state index is 12.9. The molecule has 3 heteroatoms. The molecule has 2 aliphatic rings. The first-order valence-corrected chi connectivity index (χ1v) is 8.62. The molecule has 1 aromatic carbocycles. The summed E-state index contributed by atoms with van der Waals surface area (Å²) in [6, 6.07) is 5.99. The molecule has 122 valence electrons. The molecule has 2 aliphatic carbocycles. The number of carbonyl (C=O) groups is 1. The van der Waals surface area contributed by atoms with Crippen LogP contribution in [0, 0.1) is 23.6 Å². The molecule has 1 aromatic rings. The summed E-state index contributed by atoms with van der Waals surface area (Å²) in [5.41, 5.74) is 0.679. The third-order valence-corrected chi connectivity index (χ3v) is 4.91. The average molecular weight is 313 g/mol. The first kappa shape index (κ1) is 16.0. The molecule has 0 aliphatic heterocycles. The van der Waals surface area contributed by atoms with Gasteiger partial charge in [0.2, 0.25) is 5.91 Å². The van der Waals surface area contributed by atoms with E-state index in [0.29, 0.717) is 17.5 Å². The monoisotopic (exact) mass is 313 g/mol. The van der Waals surface area contributed by atoms with Gasteiger partial charge in [0.05, 0.1) is 0 Å². The van der Waals surface area contributed by atoms with Gasteiger partial charge in [0.15, 0.2) is 0 Å². The van der Waals surface area contributed by atoms with Crippen LogP contribution in [0.4, 0.5) is 10.1 Å². The molecule has 0 saturated heterocycles. The van der Waals surface area contributed by atoms with Crippen molar-refractivity contribution in [1.29, 1.82) is 0 Å². The highest BCUT2D eigenvalue weighted by molar-refractivity contribution is 5.94. The van der Waals surface area contributed by atoms with Crippen molar-refractivity contribution in [2.45, 2.75) is 38.5 Å². The van der Waals surface area contributed by atoms with Gasteiger partial charge < -0.3 is 5.32 Å². The van der Waals surface area contributed by atoms with Crippen LogP contribution in [0.5, 0.6) is 0 Å². The molecule has 0 radical (unpaired) electrons. The normalized spacial score (nSPS) is 30.2. The number of nitrogens with one attached hydrogen (secondary N) is 1. The van der Waals surface area contributed by atoms with Gasteiger partial charge in [-0.15, -0.1) is 0 Å². The largest absolute Gasteiger partial charge is 0.326 e. The average Bonchev–Trinajstić information content (AvgIpc) is 3.22. The third kappa shape index (κ3) is 4.31. The number of hydrogen-bond acceptors (Lipinski definition) is 1. The summed E-state index contributed by atoms with van der Waals surface area (Å²) in [7, 11) is 0. The highest BCUT2D eigenvalue weighted by Crippen LogP contribution is 2.52. The fraction of sp³-hybridized carbons (Fsp3) is 0.450. The summed E-state index contributed by atoms with van der Waals surface area (Å²) in [6.07, 6.45) is 15.5. The van der Waals surface area contributed by atoms with Gasteiger partial charge in [0, 0.05) is 11.6 Å². The molecule has 0 heterocycles. The minimum absolute atomic E-state index is 0.0921. The summed E-state index contributed by atoms with van der Waals surface area (Å²) in [5.74, 6) is 0.909. The van der Waals surface area contributed by atoms with E-state index in [4.69, 9.17) is 0 Å². The number of rotatable bonds is 2. The third-order valence-electron chi connectivity index (χ3n) is 4.91. The van der Waals surface area contributed by atoms with E-state index in [1.165, 1.54) is 12.1 Å². The molecule has 0 aromatic heterocycles. The summed E-state index contributed by atoms with van der Waals surface area (Å²) < 4.78 is 12.9. The van der Waals surface area contributed by atoms with E-state index >= 15 is 0 Å². The van der Waals surface area contributed by atoms with Crippen LogP contribution in [-0.2, 0) is 4.79 Å². The lowest BCUT2D eigenvalue weighted by Gasteiger charge is -2.04. The van der Waals surface area contributed by atoms with Crippen molar-refractivity contribution in [3.63, 3.8) is 0 Å². The smallest absolute Gasteiger partial charge is 0.228 e. The van der Waals surface area contributed by atoms with Gasteiger partial charge in [-0.3, -0.25) is 4.79 Å². The number of hydrogen-bond donors (Lipinski definition) is 1. The number of carbonyl (C=O) groups excluding carboxylic acids is 1. The van der Waals surface area contributed by atoms with Gasteiger partial charge in [-0.05, 0) is 74.6 Å². The molecule has 2 nitrogen and oxygen atoms in total. The minimum atomic E-state index is -0.283. The van der Waals surface area contributed by atoms with Crippen molar-refractivity contribution in [3.8, 4) is 0 Å². The topological polar surface area (TPSA) is 29.1 Å². The van der Waals surface area contributed by atoms with E-state index in [9.17, 15) is 9.18 Å². The van der Waals surface area contributed by atoms with Gasteiger partial charge in [-0.2, -0.15) is 0 Å². The lowest BCUT2D eigenvalue weighted by atomic mass is 10.1. The minimum Gasteiger partial charge on any atom is -0.326 e. The van der Waals surface area contributed by atoms with E-state index in [0.717, 1.165) is 38.5 Å². The molecule has 1 amide bonds. The van der Waals surface area contributed by atoms with Crippen molar-refractivity contribution >= 4 is 11.6 Å². The van der Waals surface area contributed by atoms with Gasteiger partial charge in [-0.25, -0.2) is 4.39 Å². The molecule has 1 N–H and O–H groups in total. The Morgan fingerprint density at radius 3 is 1.96 bits per heavy atom. The van der Waals surface area contributed by atoms with Crippen LogP contribution in [0.25, 0.3) is 0 Å². The number of benzene rings is 1. The fourth-order valence-electron chi connectivity index (χ4n) is 3.62. The zero-order chi connectivity index (χ0) is 16.1. The predicted octanol–water partition coefficient (Wildman–Crippen LogP) is 5.09. The quantitative estimate of drug-likeness (QED) is 0.757. The Morgan fingerprint density at radius 1 is 0.870 bits per heavy atom. The van der Waals surface area contributed by atoms with Crippen molar-refractivity contribution in [2.24, 2.45) is 17.8 Å². The van der Waals surface area contributed by atoms with Crippen LogP contribution in [-0.4, -0.2) is 5.91 Å². The van der Waals surface area contributed by atoms with Crippen LogP contribution < -0.4 is 5.32 Å². The van der Waals surface area contributed by atoms with Gasteiger partial charge in [0.1, 0.15) is 5.82 Å². The van der Waals surface area contributed by atoms with Crippen molar-refractivity contribution in [1.82, 2.24) is 0 Å². The maximum Gasteiger partial charge on any atom is 0.228 e. The number of amides is 1. The number of fused-ring (bicyclic) bond motifs is 1. The molecular formula is C20H24FNO. The number of halogens is 1. The predicted molar refractivity (Wildman–Crippen MR) is 91.5 cm³/mol. The second-order valence-corrected chi connectivity index (χ2v) is 6.52. The summed E-state index contributed by atoms with van der Waals surface area (Å²) >= 11 is 0. The van der Waals surface area contributed by atoms with Crippen LogP contribution in [0.1, 0.15) is 38.5 Å². The summed E-state index contributed by atoms with van der Waals surface area (Å²) in [5, 5.41) is 2.94. The Balaban J connectivity index is 1.60. The summed E-state index contributed by atoms with van der Waals surface area (Å²) in [4.78, 5) is 12.5. The highest BCUT2D eigenvalue weighted by atomic mass is 19.1. The van der Waals surface area contributed by atoms with Crippen LogP contribution in [0.2, 0.25) is 0 Å². The lowest BCUT2D eigenvalue weighted by Crippen LogP contribution is -2.15. The maximum atomic E-state index is 12.9. The Hall–Kier alpha value is -1.90. The molecule has 1 unspecified atom stereocenters. The van der Waals surface area contributed by atoms with Gasteiger partial charge >= 0.3 is 0 Å². The van der Waals surface area contributed by atoms with Gasteiger partial charge in [0.25, 0.3) is 0 Å². The Morgan fingerprint density at radius 2 is 1.39 bits per heavy atom. The SMILES string of the molecule is O=C(Nc1ccc(F)cc1)C1[C@H]2CC/C=C/CC/C=C\CC[C@@H]12. The fourth-order valence-corrected chi connectivity index (χ4v) is 3.62. The van der Waals surface area contributed by atoms with E-state index in [1.54, 1.807) is 12.1 Å². The first-order chi connectivity index (χ1) is 11.3. The highest BCUT2D eigenvalue weighted by Gasteiger charge is 2.52. The van der Waals surface area contributed by atoms with Crippen molar-refractivity contribution in [2.75, 3.05) is 5.32 Å². The number of anilines is 1. The zero-order valence-electron chi connectivity index (χ0n) is 13.4. The molecule has 3 rings (SSSR count). The second kappa shape index (κ2) is 7.58. The molecule has 1 saturated carbocycles. The molecule has 3 atom stereocenters. The van der Waals surface area contributed by atoms with E-state index < -0.39 is 0 Å². The zero-order valence-corrected chi connectivity index (χ0v) is 13.4. The van der Waals surface area contributed by atoms with E-state index in [1.807, 2.05) is 0 Å². The standard InChI is InChI=1S/C20H24FNO/c21-15-11-13-16(14-12-15)22-20(23)19-17-9-7-5-3-1-2-4-6-8-10-18(17)19/h3-6,11-14,17-19H,1-2,7-10H2,(H,22,23)/b5-3-,6-4+/t17-,18+,19?/m1/s1. The van der Waals surface area contributed by atoms with Gasteiger partial charge in [-0.1, -0.05) is 24.3 Å². The summed E-state index contributed by atoms with van der Waals surface area (Å²) in [6.45, 7) is 0. The van der Waals surface area contributed by atoms with Crippen molar-refractivity contribution in [3.05, 3.63) is 54.4 Å².